The van der Waals surface area contributed by atoms with Gasteiger partial charge in [-0.25, -0.2) is 9.63 Å². The first kappa shape index (κ1) is 19.2. The molecule has 0 saturated carbocycles. The molecule has 2 rings (SSSR count). The molecule has 0 bridgehead atoms. The average Bonchev–Trinajstić information content (AvgIpc) is 2.94. The molecule has 1 aliphatic rings. The smallest absolute Gasteiger partial charge is 0.410 e. The van der Waals surface area contributed by atoms with Gasteiger partial charge in [0, 0.05) is 12.8 Å². The lowest BCUT2D eigenvalue weighted by atomic mass is 10.2. The second-order valence-corrected chi connectivity index (χ2v) is 8.73. The monoisotopic (exact) mass is 367 g/mol. The first-order chi connectivity index (χ1) is 11.6. The van der Waals surface area contributed by atoms with Gasteiger partial charge in [0.15, 0.2) is 0 Å². The summed E-state index contributed by atoms with van der Waals surface area (Å²) < 4.78 is 29.7. The van der Waals surface area contributed by atoms with E-state index in [1.807, 2.05) is 6.92 Å². The molecule has 0 unspecified atom stereocenters. The van der Waals surface area contributed by atoms with Crippen molar-refractivity contribution in [3.63, 3.8) is 0 Å². The Bertz CT molecular complexity index is 736. The zero-order valence-electron chi connectivity index (χ0n) is 15.0. The molecule has 1 amide bonds. The highest BCUT2D eigenvalue weighted by atomic mass is 32.2. The van der Waals surface area contributed by atoms with Gasteiger partial charge in [-0.1, -0.05) is 17.7 Å². The van der Waals surface area contributed by atoms with Crippen molar-refractivity contribution >= 4 is 22.3 Å². The molecular formula is C17H25N3O4S. The predicted octanol–water partition coefficient (Wildman–Crippen LogP) is 2.66. The van der Waals surface area contributed by atoms with E-state index in [0.717, 1.165) is 18.4 Å². The van der Waals surface area contributed by atoms with Crippen molar-refractivity contribution in [3.05, 3.63) is 29.8 Å². The molecular weight excluding hydrogens is 342 g/mol. The molecule has 1 aromatic rings. The fourth-order valence-corrected chi connectivity index (χ4v) is 3.25. The summed E-state index contributed by atoms with van der Waals surface area (Å²) in [7, 11) is -3.72. The zero-order valence-corrected chi connectivity index (χ0v) is 15.8. The Kier molecular flexibility index (Phi) is 5.72. The first-order valence-corrected chi connectivity index (χ1v) is 9.68. The number of hydrazone groups is 1. The van der Waals surface area contributed by atoms with Crippen molar-refractivity contribution in [1.29, 1.82) is 0 Å². The summed E-state index contributed by atoms with van der Waals surface area (Å²) in [6.07, 6.45) is 2.57. The third kappa shape index (κ3) is 5.45. The summed E-state index contributed by atoms with van der Waals surface area (Å²) in [6, 6.07) is 6.21. The first-order valence-electron chi connectivity index (χ1n) is 8.20. The van der Waals surface area contributed by atoms with Crippen LogP contribution in [-0.2, 0) is 14.8 Å². The van der Waals surface area contributed by atoms with Gasteiger partial charge < -0.3 is 9.64 Å². The molecule has 7 nitrogen and oxygen atoms in total. The number of aryl methyl sites for hydroxylation is 1. The number of amides is 1. The molecule has 25 heavy (non-hydrogen) atoms. The number of carbonyl (C=O) groups excluding carboxylic acids is 1. The van der Waals surface area contributed by atoms with Gasteiger partial charge in [0.05, 0.1) is 10.9 Å². The van der Waals surface area contributed by atoms with Crippen LogP contribution in [0.1, 0.15) is 39.2 Å². The number of rotatable bonds is 4. The Hall–Kier alpha value is -2.09. The average molecular weight is 367 g/mol. The third-order valence-corrected chi connectivity index (χ3v) is 4.92. The number of nitrogens with one attached hydrogen (secondary N) is 1. The standard InChI is InChI=1S/C17H25N3O4S/c1-13-7-9-15(10-8-13)25(22,23)19-18-12-14-6-5-11-20(14)16(21)24-17(2,3)4/h7-10,12,14,19H,5-6,11H2,1-4H3/t14-/m1/s1. The minimum Gasteiger partial charge on any atom is -0.444 e. The maximum absolute atomic E-state index is 12.2. The third-order valence-electron chi connectivity index (χ3n) is 3.68. The van der Waals surface area contributed by atoms with E-state index < -0.39 is 21.7 Å². The number of carbonyl (C=O) groups is 1. The second kappa shape index (κ2) is 7.43. The van der Waals surface area contributed by atoms with Crippen LogP contribution in [0.25, 0.3) is 0 Å². The van der Waals surface area contributed by atoms with Crippen LogP contribution in [-0.4, -0.2) is 43.8 Å². The van der Waals surface area contributed by atoms with Crippen LogP contribution < -0.4 is 4.83 Å². The molecule has 8 heteroatoms. The van der Waals surface area contributed by atoms with Crippen molar-refractivity contribution in [3.8, 4) is 0 Å². The Morgan fingerprint density at radius 2 is 1.96 bits per heavy atom. The summed E-state index contributed by atoms with van der Waals surface area (Å²) in [5, 5.41) is 3.84. The van der Waals surface area contributed by atoms with Crippen molar-refractivity contribution in [2.45, 2.75) is 57.1 Å². The highest BCUT2D eigenvalue weighted by Gasteiger charge is 2.31. The zero-order chi connectivity index (χ0) is 18.7. The molecule has 0 aromatic heterocycles. The quantitative estimate of drug-likeness (QED) is 0.654. The van der Waals surface area contributed by atoms with Gasteiger partial charge in [-0.05, 0) is 52.7 Å². The summed E-state index contributed by atoms with van der Waals surface area (Å²) in [6.45, 7) is 7.86. The molecule has 0 aliphatic carbocycles. The number of hydrogen-bond acceptors (Lipinski definition) is 5. The molecule has 1 atom stereocenters. The van der Waals surface area contributed by atoms with Gasteiger partial charge >= 0.3 is 6.09 Å². The van der Waals surface area contributed by atoms with Crippen LogP contribution in [0.15, 0.2) is 34.3 Å². The van der Waals surface area contributed by atoms with E-state index in [1.54, 1.807) is 37.8 Å². The number of hydrogen-bond donors (Lipinski definition) is 1. The van der Waals surface area contributed by atoms with Crippen LogP contribution in [0.3, 0.4) is 0 Å². The summed E-state index contributed by atoms with van der Waals surface area (Å²) >= 11 is 0. The van der Waals surface area contributed by atoms with Crippen LogP contribution in [0, 0.1) is 6.92 Å². The van der Waals surface area contributed by atoms with Crippen LogP contribution in [0.5, 0.6) is 0 Å². The van der Waals surface area contributed by atoms with Crippen molar-refractivity contribution < 1.29 is 17.9 Å². The number of likely N-dealkylation sites (tertiary alicyclic amines) is 1. The van der Waals surface area contributed by atoms with Crippen LogP contribution in [0.4, 0.5) is 4.79 Å². The van der Waals surface area contributed by atoms with Gasteiger partial charge in [-0.15, -0.1) is 0 Å². The summed E-state index contributed by atoms with van der Waals surface area (Å²) in [4.78, 5) is 16.1. The minimum atomic E-state index is -3.72. The SMILES string of the molecule is Cc1ccc(S(=O)(=O)NN=C[C@H]2CCCN2C(=O)OC(C)(C)C)cc1. The lowest BCUT2D eigenvalue weighted by Gasteiger charge is -2.26. The van der Waals surface area contributed by atoms with Crippen LogP contribution >= 0.6 is 0 Å². The number of nitrogens with zero attached hydrogens (tertiary/aromatic N) is 2. The highest BCUT2D eigenvalue weighted by molar-refractivity contribution is 7.89. The van der Waals surface area contributed by atoms with Gasteiger partial charge in [-0.3, -0.25) is 0 Å². The van der Waals surface area contributed by atoms with E-state index in [2.05, 4.69) is 9.93 Å². The van der Waals surface area contributed by atoms with Gasteiger partial charge in [-0.2, -0.15) is 13.5 Å². The van der Waals surface area contributed by atoms with Crippen LogP contribution in [0.2, 0.25) is 0 Å². The van der Waals surface area contributed by atoms with E-state index in [-0.39, 0.29) is 10.9 Å². The minimum absolute atomic E-state index is 0.144. The van der Waals surface area contributed by atoms with Gasteiger partial charge in [0.25, 0.3) is 10.0 Å². The Balaban J connectivity index is 2.00. The maximum Gasteiger partial charge on any atom is 0.410 e. The van der Waals surface area contributed by atoms with Crippen molar-refractivity contribution in [1.82, 2.24) is 9.73 Å². The molecule has 1 heterocycles. The van der Waals surface area contributed by atoms with E-state index in [4.69, 9.17) is 4.74 Å². The number of benzene rings is 1. The van der Waals surface area contributed by atoms with Crippen molar-refractivity contribution in [2.24, 2.45) is 5.10 Å². The molecule has 0 radical (unpaired) electrons. The topological polar surface area (TPSA) is 88.1 Å². The van der Waals surface area contributed by atoms with Crippen molar-refractivity contribution in [2.75, 3.05) is 6.54 Å². The summed E-state index contributed by atoms with van der Waals surface area (Å²) in [5.41, 5.74) is 0.399. The number of sulfonamides is 1. The fourth-order valence-electron chi connectivity index (χ4n) is 2.45. The molecule has 138 valence electrons. The highest BCUT2D eigenvalue weighted by Crippen LogP contribution is 2.19. The van der Waals surface area contributed by atoms with E-state index in [1.165, 1.54) is 18.3 Å². The molecule has 0 spiro atoms. The molecule has 1 saturated heterocycles. The molecule has 1 N–H and O–H groups in total. The Labute approximate surface area is 149 Å². The predicted molar refractivity (Wildman–Crippen MR) is 96.0 cm³/mol. The molecule has 1 aliphatic heterocycles. The number of ether oxygens (including phenoxy) is 1. The van der Waals surface area contributed by atoms with E-state index >= 15 is 0 Å². The van der Waals surface area contributed by atoms with E-state index in [9.17, 15) is 13.2 Å². The normalized spacial score (nSPS) is 18.6. The Morgan fingerprint density at radius 1 is 1.32 bits per heavy atom. The molecule has 1 aromatic carbocycles. The second-order valence-electron chi connectivity index (χ2n) is 7.07. The molecule has 1 fully saturated rings. The maximum atomic E-state index is 12.2. The summed E-state index contributed by atoms with van der Waals surface area (Å²) in [5.74, 6) is 0. The van der Waals surface area contributed by atoms with Gasteiger partial charge in [0.1, 0.15) is 5.60 Å². The van der Waals surface area contributed by atoms with Gasteiger partial charge in [0.2, 0.25) is 0 Å². The Morgan fingerprint density at radius 3 is 2.56 bits per heavy atom. The lowest BCUT2D eigenvalue weighted by Crippen LogP contribution is -2.40. The lowest BCUT2D eigenvalue weighted by molar-refractivity contribution is 0.0268. The largest absolute Gasteiger partial charge is 0.444 e. The van der Waals surface area contributed by atoms with E-state index in [0.29, 0.717) is 6.54 Å². The fraction of sp³-hybridized carbons (Fsp3) is 0.529.